The van der Waals surface area contributed by atoms with Crippen molar-refractivity contribution in [2.24, 2.45) is 0 Å². The molecule has 0 saturated carbocycles. The van der Waals surface area contributed by atoms with Crippen LogP contribution in [0.25, 0.3) is 0 Å². The number of carbonyl (C=O) groups is 1. The maximum atomic E-state index is 10.4. The van der Waals surface area contributed by atoms with E-state index in [1.165, 1.54) is 13.2 Å². The van der Waals surface area contributed by atoms with E-state index in [9.17, 15) is 4.79 Å². The van der Waals surface area contributed by atoms with Crippen LogP contribution in [0.2, 0.25) is 0 Å². The Morgan fingerprint density at radius 3 is 2.69 bits per heavy atom. The highest BCUT2D eigenvalue weighted by molar-refractivity contribution is 5.91. The molecule has 0 bridgehead atoms. The second-order valence-electron chi connectivity index (χ2n) is 2.56. The van der Waals surface area contributed by atoms with Gasteiger partial charge in [-0.3, -0.25) is 0 Å². The number of rotatable bonds is 5. The summed E-state index contributed by atoms with van der Waals surface area (Å²) < 4.78 is 4.98. The third kappa shape index (κ3) is 4.28. The van der Waals surface area contributed by atoms with Crippen molar-refractivity contribution in [2.75, 3.05) is 7.11 Å². The van der Waals surface area contributed by atoms with Gasteiger partial charge in [0.25, 0.3) is 0 Å². The minimum atomic E-state index is -1.21. The Balaban J connectivity index is 4.47. The summed E-state index contributed by atoms with van der Waals surface area (Å²) in [5, 5.41) is 17.0. The minimum Gasteiger partial charge on any atom is -0.477 e. The molecule has 0 aromatic heterocycles. The lowest BCUT2D eigenvalue weighted by Crippen LogP contribution is -2.10. The molecule has 1 atom stereocenters. The van der Waals surface area contributed by atoms with Crippen molar-refractivity contribution in [2.45, 2.75) is 25.9 Å². The third-order valence-electron chi connectivity index (χ3n) is 1.58. The van der Waals surface area contributed by atoms with Gasteiger partial charge < -0.3 is 9.84 Å². The van der Waals surface area contributed by atoms with Gasteiger partial charge >= 0.3 is 5.97 Å². The van der Waals surface area contributed by atoms with E-state index in [1.54, 1.807) is 6.07 Å². The molecule has 0 spiro atoms. The van der Waals surface area contributed by atoms with E-state index in [1.807, 2.05) is 6.92 Å². The minimum absolute atomic E-state index is 0.264. The van der Waals surface area contributed by atoms with Gasteiger partial charge in [-0.2, -0.15) is 5.26 Å². The average molecular weight is 183 g/mol. The Hall–Kier alpha value is -1.34. The summed E-state index contributed by atoms with van der Waals surface area (Å²) in [5.41, 5.74) is -0.264. The van der Waals surface area contributed by atoms with E-state index < -0.39 is 5.97 Å². The molecule has 0 aliphatic rings. The summed E-state index contributed by atoms with van der Waals surface area (Å²) in [7, 11) is 1.49. The molecule has 4 nitrogen and oxygen atoms in total. The Kier molecular flexibility index (Phi) is 5.57. The molecular formula is C9H13NO3. The summed E-state index contributed by atoms with van der Waals surface area (Å²) in [6.07, 6.45) is 2.66. The summed E-state index contributed by atoms with van der Waals surface area (Å²) in [6, 6.07) is 1.61. The maximum absolute atomic E-state index is 10.4. The van der Waals surface area contributed by atoms with Crippen molar-refractivity contribution in [1.82, 2.24) is 0 Å². The first kappa shape index (κ1) is 11.7. The zero-order valence-corrected chi connectivity index (χ0v) is 7.78. The normalized spacial score (nSPS) is 13.5. The number of nitriles is 1. The summed E-state index contributed by atoms with van der Waals surface area (Å²) >= 11 is 0. The van der Waals surface area contributed by atoms with Crippen molar-refractivity contribution in [3.05, 3.63) is 11.6 Å². The molecule has 1 N–H and O–H groups in total. The standard InChI is InChI=1S/C9H13NO3/c1-3-4-8(13-2)5-7(6-10)9(11)12/h5,8H,3-4H2,1-2H3,(H,11,12). The quantitative estimate of drug-likeness (QED) is 0.515. The van der Waals surface area contributed by atoms with Gasteiger partial charge in [0.15, 0.2) is 0 Å². The van der Waals surface area contributed by atoms with E-state index in [0.717, 1.165) is 12.8 Å². The highest BCUT2D eigenvalue weighted by atomic mass is 16.5. The predicted molar refractivity (Wildman–Crippen MR) is 47.0 cm³/mol. The highest BCUT2D eigenvalue weighted by Crippen LogP contribution is 2.06. The predicted octanol–water partition coefficient (Wildman–Crippen LogP) is 1.34. The van der Waals surface area contributed by atoms with Crippen LogP contribution in [0.15, 0.2) is 11.6 Å². The van der Waals surface area contributed by atoms with Crippen molar-refractivity contribution < 1.29 is 14.6 Å². The van der Waals surface area contributed by atoms with Crippen LogP contribution in [0.4, 0.5) is 0 Å². The Morgan fingerprint density at radius 2 is 2.38 bits per heavy atom. The van der Waals surface area contributed by atoms with Gasteiger partial charge in [0.2, 0.25) is 0 Å². The lowest BCUT2D eigenvalue weighted by Gasteiger charge is -2.08. The number of aliphatic carboxylic acids is 1. The topological polar surface area (TPSA) is 70.3 Å². The maximum Gasteiger partial charge on any atom is 0.346 e. The zero-order valence-electron chi connectivity index (χ0n) is 7.78. The molecule has 0 aromatic carbocycles. The molecule has 0 aliphatic heterocycles. The smallest absolute Gasteiger partial charge is 0.346 e. The van der Waals surface area contributed by atoms with Gasteiger partial charge in [0.05, 0.1) is 6.10 Å². The van der Waals surface area contributed by atoms with Crippen LogP contribution in [0.5, 0.6) is 0 Å². The van der Waals surface area contributed by atoms with Crippen molar-refractivity contribution in [1.29, 1.82) is 5.26 Å². The lowest BCUT2D eigenvalue weighted by atomic mass is 10.1. The highest BCUT2D eigenvalue weighted by Gasteiger charge is 2.10. The van der Waals surface area contributed by atoms with E-state index in [2.05, 4.69) is 0 Å². The van der Waals surface area contributed by atoms with Crippen molar-refractivity contribution in [3.63, 3.8) is 0 Å². The SMILES string of the molecule is CCCC(C=C(C#N)C(=O)O)OC. The van der Waals surface area contributed by atoms with Crippen LogP contribution < -0.4 is 0 Å². The summed E-state index contributed by atoms with van der Waals surface area (Å²) in [6.45, 7) is 1.96. The molecule has 0 saturated heterocycles. The molecule has 13 heavy (non-hydrogen) atoms. The van der Waals surface area contributed by atoms with Gasteiger partial charge in [-0.15, -0.1) is 0 Å². The Morgan fingerprint density at radius 1 is 1.77 bits per heavy atom. The Labute approximate surface area is 77.4 Å². The largest absolute Gasteiger partial charge is 0.477 e. The molecule has 72 valence electrons. The molecule has 0 heterocycles. The fourth-order valence-corrected chi connectivity index (χ4v) is 0.896. The number of hydrogen-bond acceptors (Lipinski definition) is 3. The van der Waals surface area contributed by atoms with Crippen LogP contribution in [0, 0.1) is 11.3 Å². The van der Waals surface area contributed by atoms with Crippen LogP contribution in [-0.2, 0) is 9.53 Å². The van der Waals surface area contributed by atoms with Crippen LogP contribution >= 0.6 is 0 Å². The number of nitrogens with zero attached hydrogens (tertiary/aromatic N) is 1. The number of carboxylic acid groups (broad SMARTS) is 1. The molecular weight excluding hydrogens is 170 g/mol. The Bertz CT molecular complexity index is 240. The van der Waals surface area contributed by atoms with Crippen molar-refractivity contribution in [3.8, 4) is 6.07 Å². The molecule has 1 unspecified atom stereocenters. The van der Waals surface area contributed by atoms with E-state index in [0.29, 0.717) is 0 Å². The van der Waals surface area contributed by atoms with Crippen LogP contribution in [-0.4, -0.2) is 24.3 Å². The van der Waals surface area contributed by atoms with E-state index >= 15 is 0 Å². The molecule has 0 aliphatic carbocycles. The molecule has 0 rings (SSSR count). The fourth-order valence-electron chi connectivity index (χ4n) is 0.896. The van der Waals surface area contributed by atoms with Gasteiger partial charge in [0, 0.05) is 7.11 Å². The molecule has 0 aromatic rings. The number of hydrogen-bond donors (Lipinski definition) is 1. The summed E-state index contributed by atoms with van der Waals surface area (Å²) in [5.74, 6) is -1.21. The first-order valence-electron chi connectivity index (χ1n) is 4.03. The van der Waals surface area contributed by atoms with Gasteiger partial charge in [-0.25, -0.2) is 4.79 Å². The number of carboxylic acids is 1. The first-order valence-corrected chi connectivity index (χ1v) is 4.03. The van der Waals surface area contributed by atoms with Crippen molar-refractivity contribution >= 4 is 5.97 Å². The monoisotopic (exact) mass is 183 g/mol. The van der Waals surface area contributed by atoms with E-state index in [-0.39, 0.29) is 11.7 Å². The molecule has 0 fully saturated rings. The molecule has 0 radical (unpaired) electrons. The second kappa shape index (κ2) is 6.21. The third-order valence-corrected chi connectivity index (χ3v) is 1.58. The number of ether oxygens (including phenoxy) is 1. The second-order valence-corrected chi connectivity index (χ2v) is 2.56. The zero-order chi connectivity index (χ0) is 10.3. The summed E-state index contributed by atoms with van der Waals surface area (Å²) in [4.78, 5) is 10.4. The van der Waals surface area contributed by atoms with Crippen LogP contribution in [0.3, 0.4) is 0 Å². The number of methoxy groups -OCH3 is 1. The average Bonchev–Trinajstić information content (AvgIpc) is 2.11. The fraction of sp³-hybridized carbons (Fsp3) is 0.556. The molecule has 4 heteroatoms. The van der Waals surface area contributed by atoms with Gasteiger partial charge in [-0.1, -0.05) is 13.3 Å². The van der Waals surface area contributed by atoms with Gasteiger partial charge in [0.1, 0.15) is 11.6 Å². The molecule has 0 amide bonds. The van der Waals surface area contributed by atoms with E-state index in [4.69, 9.17) is 15.1 Å². The first-order chi connectivity index (χ1) is 6.15. The van der Waals surface area contributed by atoms with Gasteiger partial charge in [-0.05, 0) is 12.5 Å². The van der Waals surface area contributed by atoms with Crippen LogP contribution in [0.1, 0.15) is 19.8 Å². The lowest BCUT2D eigenvalue weighted by molar-refractivity contribution is -0.132.